The molecule has 2 aromatic rings. The molecule has 0 heterocycles. The lowest BCUT2D eigenvalue weighted by molar-refractivity contribution is -0.148. The van der Waals surface area contributed by atoms with Gasteiger partial charge in [-0.25, -0.2) is 9.18 Å². The predicted octanol–water partition coefficient (Wildman–Crippen LogP) is 6.33. The smallest absolute Gasteiger partial charge is 0.333 e. The number of rotatable bonds is 12. The van der Waals surface area contributed by atoms with E-state index in [2.05, 4.69) is 5.32 Å². The number of hydrogen-bond donors (Lipinski definition) is 2. The maximum atomic E-state index is 11.3. The number of carbonyl (C=O) groups is 2. The number of aliphatic carboxylic acids is 1. The molecule has 0 aromatic heterocycles. The third-order valence-electron chi connectivity index (χ3n) is 4.43. The minimum absolute atomic E-state index is 0.0234. The summed E-state index contributed by atoms with van der Waals surface area (Å²) >= 11 is 0. The summed E-state index contributed by atoms with van der Waals surface area (Å²) in [7, 11) is 1.37. The average Bonchev–Trinajstić information content (AvgIpc) is 2.90. The van der Waals surface area contributed by atoms with E-state index in [9.17, 15) is 14.0 Å². The van der Waals surface area contributed by atoms with Crippen LogP contribution in [0.5, 0.6) is 11.5 Å². The summed E-state index contributed by atoms with van der Waals surface area (Å²) in [6.45, 7) is 7.93. The van der Waals surface area contributed by atoms with Gasteiger partial charge in [-0.2, -0.15) is 0 Å². The molecular formula is C28H36FNO6. The molecule has 0 spiro atoms. The summed E-state index contributed by atoms with van der Waals surface area (Å²) in [6.07, 6.45) is 7.35. The molecule has 2 rings (SSSR count). The number of ether oxygens (including phenoxy) is 3. The second-order valence-corrected chi connectivity index (χ2v) is 6.81. The molecule has 0 aliphatic heterocycles. The van der Waals surface area contributed by atoms with Crippen LogP contribution >= 0.6 is 0 Å². The van der Waals surface area contributed by atoms with Crippen LogP contribution in [-0.4, -0.2) is 37.5 Å². The first-order valence-corrected chi connectivity index (χ1v) is 11.4. The van der Waals surface area contributed by atoms with Crippen molar-refractivity contribution >= 4 is 18.1 Å². The van der Waals surface area contributed by atoms with E-state index in [0.29, 0.717) is 29.9 Å². The van der Waals surface area contributed by atoms with Gasteiger partial charge in [0.05, 0.1) is 6.33 Å². The molecule has 0 aliphatic rings. The Morgan fingerprint density at radius 1 is 1.03 bits per heavy atom. The van der Waals surface area contributed by atoms with E-state index in [1.807, 2.05) is 39.8 Å². The lowest BCUT2D eigenvalue weighted by atomic mass is 10.1. The van der Waals surface area contributed by atoms with Gasteiger partial charge >= 0.3 is 5.97 Å². The Labute approximate surface area is 212 Å². The van der Waals surface area contributed by atoms with E-state index in [0.717, 1.165) is 11.1 Å². The van der Waals surface area contributed by atoms with Crippen molar-refractivity contribution in [2.75, 3.05) is 19.2 Å². The van der Waals surface area contributed by atoms with Crippen LogP contribution in [0.3, 0.4) is 0 Å². The average molecular weight is 502 g/mol. The normalized spacial score (nSPS) is 11.6. The van der Waals surface area contributed by atoms with Crippen LogP contribution in [0.1, 0.15) is 33.3 Å². The Hall–Kier alpha value is -3.91. The van der Waals surface area contributed by atoms with Gasteiger partial charge in [0.15, 0.2) is 6.10 Å². The van der Waals surface area contributed by atoms with Gasteiger partial charge in [0.1, 0.15) is 11.5 Å². The fourth-order valence-corrected chi connectivity index (χ4v) is 2.43. The summed E-state index contributed by atoms with van der Waals surface area (Å²) in [5.74, 6) is 0.218. The number of benzene rings is 2. The number of halogens is 1. The Kier molecular flexibility index (Phi) is 18.2. The van der Waals surface area contributed by atoms with Crippen LogP contribution in [0.4, 0.5) is 10.1 Å². The number of methoxy groups -OCH3 is 1. The van der Waals surface area contributed by atoms with Gasteiger partial charge in [-0.3, -0.25) is 4.79 Å². The highest BCUT2D eigenvalue weighted by Crippen LogP contribution is 2.17. The fourth-order valence-electron chi connectivity index (χ4n) is 2.43. The molecule has 0 saturated heterocycles. The minimum atomic E-state index is -0.995. The molecule has 0 radical (unpaired) electrons. The maximum Gasteiger partial charge on any atom is 0.333 e. The third kappa shape index (κ3) is 14.4. The summed E-state index contributed by atoms with van der Waals surface area (Å²) in [5.41, 5.74) is 2.64. The molecule has 2 N–H and O–H groups in total. The SMILES string of the molecule is CC.CO[C@@H](Cc1ccc(OCOc2ccc(NC=O)cc2)cc1)C(=O)O.C\C=C(C)/C=C\C=C\F. The molecular weight excluding hydrogens is 465 g/mol. The van der Waals surface area contributed by atoms with Crippen molar-refractivity contribution in [1.29, 1.82) is 0 Å². The Bertz CT molecular complexity index is 953. The molecule has 0 fully saturated rings. The van der Waals surface area contributed by atoms with Gasteiger partial charge in [0, 0.05) is 19.2 Å². The molecule has 0 aliphatic carbocycles. The molecule has 1 amide bonds. The van der Waals surface area contributed by atoms with E-state index >= 15 is 0 Å². The lowest BCUT2D eigenvalue weighted by Crippen LogP contribution is -2.24. The van der Waals surface area contributed by atoms with Gasteiger partial charge in [-0.1, -0.05) is 49.8 Å². The van der Waals surface area contributed by atoms with Crippen molar-refractivity contribution in [3.63, 3.8) is 0 Å². The summed E-state index contributed by atoms with van der Waals surface area (Å²) in [4.78, 5) is 21.3. The topological polar surface area (TPSA) is 94.1 Å². The Morgan fingerprint density at radius 3 is 2.03 bits per heavy atom. The van der Waals surface area contributed by atoms with Crippen molar-refractivity contribution in [1.82, 2.24) is 0 Å². The van der Waals surface area contributed by atoms with Crippen LogP contribution in [-0.2, 0) is 20.7 Å². The van der Waals surface area contributed by atoms with Crippen LogP contribution in [0.25, 0.3) is 0 Å². The van der Waals surface area contributed by atoms with Gasteiger partial charge < -0.3 is 24.6 Å². The first-order valence-electron chi connectivity index (χ1n) is 11.4. The maximum absolute atomic E-state index is 11.3. The van der Waals surface area contributed by atoms with Crippen molar-refractivity contribution < 1.29 is 33.3 Å². The molecule has 2 aromatic carbocycles. The molecule has 1 atom stereocenters. The van der Waals surface area contributed by atoms with E-state index in [1.54, 1.807) is 54.6 Å². The molecule has 0 unspecified atom stereocenters. The number of allylic oxidation sites excluding steroid dienone is 5. The van der Waals surface area contributed by atoms with Crippen molar-refractivity contribution in [3.8, 4) is 11.5 Å². The zero-order valence-corrected chi connectivity index (χ0v) is 21.4. The molecule has 8 heteroatoms. The number of anilines is 1. The van der Waals surface area contributed by atoms with Crippen molar-refractivity contribution in [3.05, 3.63) is 90.3 Å². The number of carboxylic acids is 1. The zero-order chi connectivity index (χ0) is 27.2. The first-order chi connectivity index (χ1) is 17.4. The van der Waals surface area contributed by atoms with Crippen LogP contribution in [0.2, 0.25) is 0 Å². The number of carboxylic acid groups (broad SMARTS) is 1. The molecule has 196 valence electrons. The standard InChI is InChI=1S/C18H19NO6.C8H11F.C2H6/c1-23-17(18(21)22)10-13-2-6-15(7-3-13)24-12-25-16-8-4-14(5-9-16)19-11-20;1-3-8(2)6-4-5-7-9;1-2/h2-9,11,17H,10,12H2,1H3,(H,19,20)(H,21,22);3-7H,1-2H3;1-2H3/b;6-4-,7-5+,8-3-;/t17-;;/m0../s1. The lowest BCUT2D eigenvalue weighted by Gasteiger charge is -2.12. The van der Waals surface area contributed by atoms with Crippen LogP contribution in [0, 0.1) is 0 Å². The van der Waals surface area contributed by atoms with Gasteiger partial charge in [-0.15, -0.1) is 0 Å². The largest absolute Gasteiger partial charge is 0.479 e. The minimum Gasteiger partial charge on any atom is -0.479 e. The van der Waals surface area contributed by atoms with Crippen molar-refractivity contribution in [2.45, 2.75) is 40.2 Å². The molecule has 0 saturated carbocycles. The van der Waals surface area contributed by atoms with E-state index < -0.39 is 12.1 Å². The highest BCUT2D eigenvalue weighted by Gasteiger charge is 2.16. The van der Waals surface area contributed by atoms with Gasteiger partial charge in [-0.05, 0) is 61.9 Å². The Morgan fingerprint density at radius 2 is 1.58 bits per heavy atom. The van der Waals surface area contributed by atoms with Crippen molar-refractivity contribution in [2.24, 2.45) is 0 Å². The number of amides is 1. The third-order valence-corrected chi connectivity index (χ3v) is 4.43. The summed E-state index contributed by atoms with van der Waals surface area (Å²) in [5, 5.41) is 11.5. The monoisotopic (exact) mass is 501 g/mol. The zero-order valence-electron chi connectivity index (χ0n) is 21.4. The van der Waals surface area contributed by atoms with E-state index in [4.69, 9.17) is 19.3 Å². The molecule has 7 nitrogen and oxygen atoms in total. The Balaban J connectivity index is 0.000000941. The summed E-state index contributed by atoms with van der Waals surface area (Å²) in [6, 6.07) is 13.9. The first kappa shape index (κ1) is 32.1. The van der Waals surface area contributed by atoms with Crippen LogP contribution < -0.4 is 14.8 Å². The number of hydrogen-bond acceptors (Lipinski definition) is 5. The second-order valence-electron chi connectivity index (χ2n) is 6.81. The highest BCUT2D eigenvalue weighted by atomic mass is 19.1. The predicted molar refractivity (Wildman–Crippen MR) is 141 cm³/mol. The van der Waals surface area contributed by atoms with Crippen LogP contribution in [0.15, 0.2) is 84.7 Å². The number of nitrogens with one attached hydrogen (secondary N) is 1. The second kappa shape index (κ2) is 20.5. The van der Waals surface area contributed by atoms with Gasteiger partial charge in [0.2, 0.25) is 13.2 Å². The quantitative estimate of drug-likeness (QED) is 0.200. The highest BCUT2D eigenvalue weighted by molar-refractivity contribution is 5.72. The van der Waals surface area contributed by atoms with E-state index in [-0.39, 0.29) is 13.2 Å². The van der Waals surface area contributed by atoms with Gasteiger partial charge in [0.25, 0.3) is 0 Å². The summed E-state index contributed by atoms with van der Waals surface area (Å²) < 4.78 is 27.1. The molecule has 0 bridgehead atoms. The molecule has 36 heavy (non-hydrogen) atoms. The van der Waals surface area contributed by atoms with E-state index in [1.165, 1.54) is 13.2 Å². The fraction of sp³-hybridized carbons (Fsp3) is 0.286. The number of carbonyl (C=O) groups excluding carboxylic acids is 1.